The summed E-state index contributed by atoms with van der Waals surface area (Å²) in [4.78, 5) is 35.5. The first-order valence-corrected chi connectivity index (χ1v) is 12.3. The number of nitro groups is 2. The Kier molecular flexibility index (Phi) is 9.51. The molecule has 0 unspecified atom stereocenters. The molecule has 0 heterocycles. The molecule has 0 aromatic heterocycles. The van der Waals surface area contributed by atoms with E-state index in [-0.39, 0.29) is 24.5 Å². The maximum Gasteiger partial charge on any atom is 0.271 e. The molecule has 3 rings (SSSR count). The summed E-state index contributed by atoms with van der Waals surface area (Å²) < 4.78 is 0.652. The fourth-order valence-corrected chi connectivity index (χ4v) is 4.85. The van der Waals surface area contributed by atoms with Crippen LogP contribution in [0.1, 0.15) is 17.2 Å². The number of aliphatic hydroxyl groups excluding tert-OH is 1. The largest absolute Gasteiger partial charge is 0.387 e. The predicted octanol–water partition coefficient (Wildman–Crippen LogP) is 5.86. The first kappa shape index (κ1) is 27.7. The van der Waals surface area contributed by atoms with Crippen molar-refractivity contribution < 1.29 is 19.7 Å². The van der Waals surface area contributed by atoms with Crippen molar-refractivity contribution >= 4 is 66.4 Å². The van der Waals surface area contributed by atoms with Crippen LogP contribution in [0.25, 0.3) is 0 Å². The van der Waals surface area contributed by atoms with Crippen molar-refractivity contribution in [3.8, 4) is 0 Å². The molecule has 0 spiro atoms. The second kappa shape index (κ2) is 12.4. The van der Waals surface area contributed by atoms with Gasteiger partial charge >= 0.3 is 0 Å². The van der Waals surface area contributed by atoms with Crippen LogP contribution >= 0.6 is 43.5 Å². The lowest BCUT2D eigenvalue weighted by Gasteiger charge is -2.25. The monoisotopic (exact) mass is 640 g/mol. The number of nitrogens with zero attached hydrogens (tertiary/aromatic N) is 3. The summed E-state index contributed by atoms with van der Waals surface area (Å²) >= 11 is 12.5. The van der Waals surface area contributed by atoms with Crippen molar-refractivity contribution in [3.05, 3.63) is 106 Å². The number of anilines is 1. The lowest BCUT2D eigenvalue weighted by Crippen LogP contribution is -2.36. The average Bonchev–Trinajstić information content (AvgIpc) is 2.82. The van der Waals surface area contributed by atoms with Gasteiger partial charge < -0.3 is 10.4 Å². The van der Waals surface area contributed by atoms with E-state index in [1.54, 1.807) is 29.2 Å². The number of hydrogen-bond acceptors (Lipinski definition) is 7. The van der Waals surface area contributed by atoms with Crippen molar-refractivity contribution in [2.45, 2.75) is 12.6 Å². The van der Waals surface area contributed by atoms with Crippen LogP contribution in [-0.4, -0.2) is 38.8 Å². The molecular weight excluding hydrogens is 624 g/mol. The minimum atomic E-state index is -1.02. The van der Waals surface area contributed by atoms with Gasteiger partial charge in [-0.3, -0.25) is 29.9 Å². The third kappa shape index (κ3) is 7.55. The highest BCUT2D eigenvalue weighted by atomic mass is 79.9. The van der Waals surface area contributed by atoms with Crippen LogP contribution < -0.4 is 5.32 Å². The van der Waals surface area contributed by atoms with Gasteiger partial charge in [0.2, 0.25) is 5.91 Å². The van der Waals surface area contributed by atoms with Gasteiger partial charge in [-0.25, -0.2) is 0 Å². The molecule has 3 aromatic carbocycles. The Morgan fingerprint density at radius 1 is 0.972 bits per heavy atom. The molecule has 0 fully saturated rings. The van der Waals surface area contributed by atoms with Gasteiger partial charge in [0, 0.05) is 51.3 Å². The van der Waals surface area contributed by atoms with Crippen LogP contribution in [0.3, 0.4) is 0 Å². The third-order valence-electron chi connectivity index (χ3n) is 5.11. The number of carbonyl (C=O) groups excluding carboxylic acids is 1. The van der Waals surface area contributed by atoms with E-state index in [0.29, 0.717) is 31.8 Å². The fraction of sp³-hybridized carbons (Fsp3) is 0.174. The number of halogens is 3. The Morgan fingerprint density at radius 2 is 1.53 bits per heavy atom. The van der Waals surface area contributed by atoms with E-state index in [1.807, 2.05) is 0 Å². The van der Waals surface area contributed by atoms with Crippen molar-refractivity contribution in [1.29, 1.82) is 0 Å². The molecule has 1 amide bonds. The number of nitro benzene ring substituents is 2. The van der Waals surface area contributed by atoms with E-state index in [1.165, 1.54) is 36.4 Å². The van der Waals surface area contributed by atoms with Gasteiger partial charge in [0.15, 0.2) is 0 Å². The van der Waals surface area contributed by atoms with E-state index in [9.17, 15) is 30.1 Å². The maximum absolute atomic E-state index is 12.9. The quantitative estimate of drug-likeness (QED) is 0.209. The van der Waals surface area contributed by atoms with Gasteiger partial charge in [-0.1, -0.05) is 23.7 Å². The highest BCUT2D eigenvalue weighted by Crippen LogP contribution is 2.35. The van der Waals surface area contributed by atoms with E-state index >= 15 is 0 Å². The first-order chi connectivity index (χ1) is 17.0. The summed E-state index contributed by atoms with van der Waals surface area (Å²) in [5.41, 5.74) is 1.39. The van der Waals surface area contributed by atoms with Crippen molar-refractivity contribution in [2.24, 2.45) is 0 Å². The van der Waals surface area contributed by atoms with Gasteiger partial charge in [-0.15, -0.1) is 0 Å². The molecule has 13 heteroatoms. The summed E-state index contributed by atoms with van der Waals surface area (Å²) in [6.07, 6.45) is -1.02. The lowest BCUT2D eigenvalue weighted by atomic mass is 10.1. The molecule has 1 atom stereocenters. The number of rotatable bonds is 10. The average molecular weight is 643 g/mol. The van der Waals surface area contributed by atoms with Crippen LogP contribution in [0, 0.1) is 20.2 Å². The first-order valence-electron chi connectivity index (χ1n) is 10.4. The van der Waals surface area contributed by atoms with Gasteiger partial charge in [-0.2, -0.15) is 0 Å². The van der Waals surface area contributed by atoms with Gasteiger partial charge in [0.1, 0.15) is 0 Å². The fourth-order valence-electron chi connectivity index (χ4n) is 3.37. The molecule has 36 heavy (non-hydrogen) atoms. The summed E-state index contributed by atoms with van der Waals surface area (Å²) in [5, 5.41) is 36.0. The molecule has 10 nitrogen and oxygen atoms in total. The zero-order valence-corrected chi connectivity index (χ0v) is 22.4. The summed E-state index contributed by atoms with van der Waals surface area (Å²) in [6.45, 7) is 0.232. The van der Waals surface area contributed by atoms with Crippen LogP contribution in [-0.2, 0) is 11.3 Å². The minimum Gasteiger partial charge on any atom is -0.387 e. The molecule has 2 N–H and O–H groups in total. The molecule has 0 radical (unpaired) electrons. The van der Waals surface area contributed by atoms with E-state index < -0.39 is 21.9 Å². The Hall–Kier alpha value is -2.90. The number of non-ortho nitro benzene ring substituents is 2. The van der Waals surface area contributed by atoms with E-state index in [0.717, 1.165) is 5.56 Å². The lowest BCUT2D eigenvalue weighted by molar-refractivity contribution is -0.385. The predicted molar refractivity (Wildman–Crippen MR) is 142 cm³/mol. The second-order valence-corrected chi connectivity index (χ2v) is 9.90. The zero-order chi connectivity index (χ0) is 26.4. The normalized spacial score (nSPS) is 11.8. The second-order valence-electron chi connectivity index (χ2n) is 7.75. The molecule has 0 aliphatic carbocycles. The Labute approximate surface area is 227 Å². The molecule has 0 saturated carbocycles. The Balaban J connectivity index is 1.78. The van der Waals surface area contributed by atoms with Crippen molar-refractivity contribution in [3.63, 3.8) is 0 Å². The van der Waals surface area contributed by atoms with Crippen molar-refractivity contribution in [2.75, 3.05) is 18.4 Å². The molecule has 0 aliphatic heterocycles. The smallest absolute Gasteiger partial charge is 0.271 e. The standard InChI is InChI=1S/C23H19Br2ClN4O6/c24-19-9-18(30(35)36)10-20(25)23(19)27-22(32)13-28(11-14-1-5-16(26)6-2-14)12-21(31)15-3-7-17(8-4-15)29(33)34/h1-10,21,31H,11-13H2,(H,27,32)/t21-/m1/s1. The number of nitrogens with one attached hydrogen (secondary N) is 1. The van der Waals surface area contributed by atoms with Crippen LogP contribution in [0.5, 0.6) is 0 Å². The topological polar surface area (TPSA) is 139 Å². The van der Waals surface area contributed by atoms with E-state index in [4.69, 9.17) is 11.6 Å². The number of benzene rings is 3. The van der Waals surface area contributed by atoms with Crippen molar-refractivity contribution in [1.82, 2.24) is 4.90 Å². The Morgan fingerprint density at radius 3 is 2.06 bits per heavy atom. The summed E-state index contributed by atoms with van der Waals surface area (Å²) in [5.74, 6) is -0.421. The highest BCUT2D eigenvalue weighted by molar-refractivity contribution is 9.11. The number of amides is 1. The third-order valence-corrected chi connectivity index (χ3v) is 6.61. The molecule has 0 saturated heterocycles. The molecular formula is C23H19Br2ClN4O6. The van der Waals surface area contributed by atoms with E-state index in [2.05, 4.69) is 37.2 Å². The Bertz CT molecular complexity index is 1250. The summed E-state index contributed by atoms with van der Waals surface area (Å²) in [7, 11) is 0. The minimum absolute atomic E-state index is 0.0520. The maximum atomic E-state index is 12.9. The van der Waals surface area contributed by atoms with Crippen LogP contribution in [0.2, 0.25) is 5.02 Å². The SMILES string of the molecule is O=C(CN(Cc1ccc(Cl)cc1)C[C@@H](O)c1ccc([N+](=O)[O-])cc1)Nc1c(Br)cc([N+](=O)[O-])cc1Br. The number of carbonyl (C=O) groups is 1. The molecule has 0 bridgehead atoms. The number of aliphatic hydroxyl groups is 1. The van der Waals surface area contributed by atoms with Crippen LogP contribution in [0.15, 0.2) is 69.6 Å². The number of hydrogen-bond donors (Lipinski definition) is 2. The van der Waals surface area contributed by atoms with Crippen LogP contribution in [0.4, 0.5) is 17.1 Å². The highest BCUT2D eigenvalue weighted by Gasteiger charge is 2.20. The van der Waals surface area contributed by atoms with Gasteiger partial charge in [0.05, 0.1) is 28.2 Å². The molecule has 3 aromatic rings. The molecule has 188 valence electrons. The summed E-state index contributed by atoms with van der Waals surface area (Å²) in [6, 6.07) is 15.1. The van der Waals surface area contributed by atoms with Gasteiger partial charge in [0.25, 0.3) is 11.4 Å². The molecule has 0 aliphatic rings. The zero-order valence-electron chi connectivity index (χ0n) is 18.4. The van der Waals surface area contributed by atoms with Gasteiger partial charge in [-0.05, 0) is 67.3 Å².